The Balaban J connectivity index is -0.00000168. The van der Waals surface area contributed by atoms with Crippen LogP contribution in [-0.2, 0) is 4.57 Å². The summed E-state index contributed by atoms with van der Waals surface area (Å²) in [4.78, 5) is 47.9. The molecule has 1 unspecified atom stereocenters. The quantitative estimate of drug-likeness (QED) is 0.168. The Bertz CT molecular complexity index is 1160. The van der Waals surface area contributed by atoms with Crippen LogP contribution in [0.2, 0.25) is 0 Å². The summed E-state index contributed by atoms with van der Waals surface area (Å²) in [5, 5.41) is 2.94. The van der Waals surface area contributed by atoms with Crippen LogP contribution >= 0.6 is 23.5 Å². The number of hydrogen-bond donors (Lipinski definition) is 5. The summed E-state index contributed by atoms with van der Waals surface area (Å²) in [7, 11) is -4.65. The average molecular weight is 564 g/mol. The van der Waals surface area contributed by atoms with E-state index in [-0.39, 0.29) is 146 Å². The summed E-state index contributed by atoms with van der Waals surface area (Å²) >= 11 is 3.35. The molecule has 0 amide bonds. The third-order valence-corrected chi connectivity index (χ3v) is 5.83. The van der Waals surface area contributed by atoms with E-state index in [9.17, 15) is 23.9 Å². The molecule has 7 N–H and O–H groups in total. The number of H-pyrrole nitrogens is 2. The molecule has 0 spiro atoms. The van der Waals surface area contributed by atoms with Gasteiger partial charge >= 0.3 is 18.7 Å². The summed E-state index contributed by atoms with van der Waals surface area (Å²) in [5.74, 6) is -1.37. The maximum Gasteiger partial charge on any atom is 0.346 e. The Hall–Kier alpha value is 1.93. The fourth-order valence-electron chi connectivity index (χ4n) is 2.84. The van der Waals surface area contributed by atoms with Crippen molar-refractivity contribution in [3.8, 4) is 0 Å². The fourth-order valence-corrected chi connectivity index (χ4v) is 4.10. The predicted octanol–water partition coefficient (Wildman–Crippen LogP) is 0.158. The van der Waals surface area contributed by atoms with Crippen LogP contribution in [0.4, 0.5) is 0 Å². The van der Waals surface area contributed by atoms with Gasteiger partial charge in [-0.2, -0.15) is 0 Å². The first-order valence-electron chi connectivity index (χ1n) is 7.99. The summed E-state index contributed by atoms with van der Waals surface area (Å²) in [6.45, 7) is 1.78. The van der Waals surface area contributed by atoms with Gasteiger partial charge in [-0.05, 0) is 30.7 Å². The van der Waals surface area contributed by atoms with Gasteiger partial charge in [0.05, 0.1) is 11.0 Å². The van der Waals surface area contributed by atoms with E-state index in [2.05, 4.69) is 31.2 Å². The minimum atomic E-state index is -4.65. The maximum absolute atomic E-state index is 12.2. The third kappa shape index (κ3) is 9.76. The molecule has 0 aliphatic rings. The largest absolute Gasteiger partial charge is 0.412 e. The molecule has 0 aliphatic carbocycles. The van der Waals surface area contributed by atoms with E-state index in [0.29, 0.717) is 0 Å². The van der Waals surface area contributed by atoms with E-state index >= 15 is 0 Å². The molecule has 1 heterocycles. The van der Waals surface area contributed by atoms with E-state index in [0.717, 1.165) is 10.0 Å². The minimum Gasteiger partial charge on any atom is -0.412 e. The Labute approximate surface area is 281 Å². The number of para-hydroxylation sites is 1. The van der Waals surface area contributed by atoms with Crippen molar-refractivity contribution in [3.63, 3.8) is 0 Å². The molecule has 2 atom stereocenters. The Kier molecular flexibility index (Phi) is 20.0. The molecule has 4 radical (unpaired) electrons. The van der Waals surface area contributed by atoms with Crippen LogP contribution in [-0.4, -0.2) is 143 Å². The summed E-state index contributed by atoms with van der Waals surface area (Å²) in [6, 6.07) is 11.6. The Morgan fingerprint density at radius 2 is 1.47 bits per heavy atom. The molecule has 0 aliphatic heterocycles. The molecule has 2 aromatic carbocycles. The van der Waals surface area contributed by atoms with E-state index in [4.69, 9.17) is 0 Å². The summed E-state index contributed by atoms with van der Waals surface area (Å²) < 4.78 is 13.1. The standard InChI is InChI=1S/C17H17BrN3O5P.4Na.H2O/c1-9(10-5-7-11(18)8-6-10)19-17(27(24,25)26)12-3-2-4-13-14(12)21-16(23)15(22)20-13;;;;;/h2-9,17,19H,1H3,(H,20,22)(H,21,23)(H2,24,25,26);;;;;1H2/t9-,17?;;;;;/m0...../s1. The summed E-state index contributed by atoms with van der Waals surface area (Å²) in [5.41, 5.74) is -0.236. The molecule has 3 aromatic rings. The number of benzene rings is 2. The number of aromatic nitrogens is 2. The van der Waals surface area contributed by atoms with E-state index < -0.39 is 24.5 Å². The predicted molar refractivity (Wildman–Crippen MR) is 132 cm³/mol. The van der Waals surface area contributed by atoms with E-state index in [1.165, 1.54) is 6.07 Å². The first-order valence-corrected chi connectivity index (χ1v) is 10.5. The topological polar surface area (TPSA) is 167 Å². The molecule has 32 heavy (non-hydrogen) atoms. The Morgan fingerprint density at radius 3 is 2.00 bits per heavy atom. The molecule has 154 valence electrons. The SMILES string of the molecule is C[C@H](NC(c1cccc2[nH]c(=O)c(=O)[nH]c12)P(=O)(O)O)c1ccc(Br)cc1.O.[Na].[Na].[Na].[Na]. The number of fused-ring (bicyclic) bond motifs is 1. The molecular formula is C17H19BrN3Na4O6P. The first kappa shape index (κ1) is 38.5. The molecule has 15 heteroatoms. The zero-order chi connectivity index (χ0) is 19.8. The zero-order valence-electron chi connectivity index (χ0n) is 18.6. The van der Waals surface area contributed by atoms with Crippen molar-refractivity contribution in [3.05, 3.63) is 78.8 Å². The molecule has 0 saturated carbocycles. The van der Waals surface area contributed by atoms with Gasteiger partial charge in [0, 0.05) is 134 Å². The number of hydrogen-bond acceptors (Lipinski definition) is 4. The normalized spacial score (nSPS) is 12.0. The number of halogens is 1. The van der Waals surface area contributed by atoms with Crippen LogP contribution in [0.15, 0.2) is 56.5 Å². The second-order valence-electron chi connectivity index (χ2n) is 6.11. The van der Waals surface area contributed by atoms with Gasteiger partial charge in [0.2, 0.25) is 0 Å². The summed E-state index contributed by atoms with van der Waals surface area (Å²) in [6.07, 6.45) is 0. The molecule has 0 saturated heterocycles. The second kappa shape index (κ2) is 16.6. The van der Waals surface area contributed by atoms with Crippen molar-refractivity contribution >= 4 is 153 Å². The third-order valence-electron chi connectivity index (χ3n) is 4.20. The van der Waals surface area contributed by atoms with Gasteiger partial charge < -0.3 is 25.2 Å². The van der Waals surface area contributed by atoms with Crippen LogP contribution in [0.25, 0.3) is 11.0 Å². The fraction of sp³-hybridized carbons (Fsp3) is 0.176. The van der Waals surface area contributed by atoms with Crippen molar-refractivity contribution < 1.29 is 19.8 Å². The van der Waals surface area contributed by atoms with Crippen LogP contribution in [0.3, 0.4) is 0 Å². The maximum atomic E-state index is 12.2. The van der Waals surface area contributed by atoms with E-state index in [1.54, 1.807) is 19.1 Å². The Morgan fingerprint density at radius 1 is 0.938 bits per heavy atom. The van der Waals surface area contributed by atoms with Gasteiger partial charge in [-0.15, -0.1) is 0 Å². The van der Waals surface area contributed by atoms with Crippen molar-refractivity contribution in [1.29, 1.82) is 0 Å². The molecule has 1 aromatic heterocycles. The van der Waals surface area contributed by atoms with Gasteiger partial charge in [-0.1, -0.05) is 40.2 Å². The average Bonchev–Trinajstić information content (AvgIpc) is 2.60. The van der Waals surface area contributed by atoms with Gasteiger partial charge in [0.25, 0.3) is 0 Å². The monoisotopic (exact) mass is 563 g/mol. The van der Waals surface area contributed by atoms with Crippen molar-refractivity contribution in [1.82, 2.24) is 15.3 Å². The van der Waals surface area contributed by atoms with Crippen LogP contribution in [0.1, 0.15) is 29.9 Å². The second-order valence-corrected chi connectivity index (χ2v) is 8.72. The molecule has 0 fully saturated rings. The zero-order valence-corrected chi connectivity index (χ0v) is 29.1. The van der Waals surface area contributed by atoms with Crippen LogP contribution in [0, 0.1) is 0 Å². The number of nitrogens with one attached hydrogen (secondary N) is 3. The number of aromatic amines is 2. The molecule has 0 bridgehead atoms. The van der Waals surface area contributed by atoms with Crippen molar-refractivity contribution in [2.24, 2.45) is 0 Å². The van der Waals surface area contributed by atoms with Gasteiger partial charge in [-0.25, -0.2) is 0 Å². The van der Waals surface area contributed by atoms with Crippen molar-refractivity contribution in [2.75, 3.05) is 0 Å². The van der Waals surface area contributed by atoms with Gasteiger partial charge in [-0.3, -0.25) is 19.5 Å². The van der Waals surface area contributed by atoms with Crippen LogP contribution < -0.4 is 16.4 Å². The van der Waals surface area contributed by atoms with Gasteiger partial charge in [0.1, 0.15) is 5.78 Å². The molecule has 9 nitrogen and oxygen atoms in total. The van der Waals surface area contributed by atoms with Crippen molar-refractivity contribution in [2.45, 2.75) is 18.7 Å². The van der Waals surface area contributed by atoms with E-state index in [1.807, 2.05) is 24.3 Å². The smallest absolute Gasteiger partial charge is 0.346 e. The number of rotatable bonds is 5. The molecule has 3 rings (SSSR count). The molecular weight excluding hydrogens is 545 g/mol. The van der Waals surface area contributed by atoms with Crippen LogP contribution in [0.5, 0.6) is 0 Å². The van der Waals surface area contributed by atoms with Gasteiger partial charge in [0.15, 0.2) is 0 Å². The minimum absolute atomic E-state index is 0. The first-order chi connectivity index (χ1) is 12.7.